The third kappa shape index (κ3) is 23.3. The van der Waals surface area contributed by atoms with E-state index in [0.717, 1.165) is 63.6 Å². The number of nitrogens with zero attached hydrogens (tertiary/aromatic N) is 4. The first-order valence-electron chi connectivity index (χ1n) is 11.7. The molecule has 0 N–H and O–H groups in total. The Morgan fingerprint density at radius 3 is 1.16 bits per heavy atom. The van der Waals surface area contributed by atoms with Gasteiger partial charge in [0.1, 0.15) is 0 Å². The average Bonchev–Trinajstić information content (AvgIpc) is 2.78. The molecule has 31 heavy (non-hydrogen) atoms. The fourth-order valence-corrected chi connectivity index (χ4v) is 3.13. The summed E-state index contributed by atoms with van der Waals surface area (Å²) in [5.74, 6) is 2.83. The summed E-state index contributed by atoms with van der Waals surface area (Å²) >= 11 is -0.226. The minimum atomic E-state index is -0.226. The van der Waals surface area contributed by atoms with Crippen molar-refractivity contribution in [2.75, 3.05) is 45.8 Å². The fourth-order valence-electron chi connectivity index (χ4n) is 3.13. The third-order valence-electron chi connectivity index (χ3n) is 5.64. The monoisotopic (exact) mass is 561 g/mol. The summed E-state index contributed by atoms with van der Waals surface area (Å²) in [5, 5.41) is 16.7. The van der Waals surface area contributed by atoms with E-state index in [4.69, 9.17) is 19.4 Å². The Bertz CT molecular complexity index is 393. The Kier molecular flexibility index (Phi) is 23.8. The molecule has 0 aromatic heterocycles. The number of hydrogen-bond acceptors (Lipinski definition) is 0. The van der Waals surface area contributed by atoms with Crippen LogP contribution in [-0.4, -0.2) is 45.8 Å². The second-order valence-electron chi connectivity index (χ2n) is 8.74. The fraction of sp³-hybridized carbons (Fsp3) is 0.833. The zero-order valence-electron chi connectivity index (χ0n) is 20.0. The maximum absolute atomic E-state index is 4.83. The van der Waals surface area contributed by atoms with E-state index in [0.29, 0.717) is 0 Å². The Morgan fingerprint density at radius 1 is 0.710 bits per heavy atom. The van der Waals surface area contributed by atoms with Gasteiger partial charge in [-0.1, -0.05) is 77.0 Å². The minimum absolute atomic E-state index is 0.226. The van der Waals surface area contributed by atoms with Crippen LogP contribution >= 0.6 is 19.4 Å². The van der Waals surface area contributed by atoms with Crippen LogP contribution in [0.25, 0.3) is 21.3 Å². The summed E-state index contributed by atoms with van der Waals surface area (Å²) < 4.78 is 0. The van der Waals surface area contributed by atoms with E-state index >= 15 is 0 Å². The van der Waals surface area contributed by atoms with Gasteiger partial charge >= 0.3 is 34.5 Å². The van der Waals surface area contributed by atoms with Crippen LogP contribution in [0.4, 0.5) is 0 Å². The normalized spacial score (nSPS) is 21.9. The summed E-state index contributed by atoms with van der Waals surface area (Å²) in [5.41, 5.74) is 1.31. The molecular weight excluding hydrogens is 518 g/mol. The second-order valence-corrected chi connectivity index (χ2v) is 11.2. The zero-order valence-corrected chi connectivity index (χ0v) is 23.2. The molecule has 0 spiro atoms. The number of allylic oxidation sites excluding steroid dienone is 2. The standard InChI is InChI=1S/3C6H12N.C6H8N.2ClH.Rh/c4*1-6-2-4-7-5-3-6;;;/h3*6H,2-5H2,1H3;2-4H,5H2,1H3;2*1H;/q4*-1;;;+2/p-2. The first-order chi connectivity index (χ1) is 15.0. The van der Waals surface area contributed by atoms with Gasteiger partial charge in [0.2, 0.25) is 0 Å². The first-order valence-corrected chi connectivity index (χ1v) is 15.9. The van der Waals surface area contributed by atoms with Gasteiger partial charge in [0.05, 0.1) is 0 Å². The van der Waals surface area contributed by atoms with Crippen LogP contribution < -0.4 is 0 Å². The van der Waals surface area contributed by atoms with Crippen LogP contribution in [0, 0.1) is 17.8 Å². The number of piperidine rings is 3. The van der Waals surface area contributed by atoms with Crippen LogP contribution in [-0.2, 0) is 15.1 Å². The first kappa shape index (κ1) is 31.4. The van der Waals surface area contributed by atoms with Crippen molar-refractivity contribution < 1.29 is 15.1 Å². The zero-order chi connectivity index (χ0) is 23.2. The van der Waals surface area contributed by atoms with E-state index < -0.39 is 0 Å². The summed E-state index contributed by atoms with van der Waals surface area (Å²) in [6, 6.07) is 0. The SMILES string of the molecule is CC1=CC[N-]C=C1.CC1CC[N-]CC1.CC1CC[N-]CC1.CC1CC[N-]CC1.[Cl][Rh][Cl]. The molecular formula is C24H44Cl2N4Rh-4. The van der Waals surface area contributed by atoms with Gasteiger partial charge in [0.15, 0.2) is 0 Å². The van der Waals surface area contributed by atoms with Crippen LogP contribution in [0.5, 0.6) is 0 Å². The molecule has 3 saturated heterocycles. The van der Waals surface area contributed by atoms with E-state index in [-0.39, 0.29) is 15.1 Å². The molecule has 187 valence electrons. The van der Waals surface area contributed by atoms with E-state index in [9.17, 15) is 0 Å². The molecule has 0 bridgehead atoms. The van der Waals surface area contributed by atoms with E-state index in [2.05, 4.69) is 55.0 Å². The van der Waals surface area contributed by atoms with Gasteiger partial charge < -0.3 is 21.3 Å². The van der Waals surface area contributed by atoms with Crippen molar-refractivity contribution in [2.45, 2.75) is 66.2 Å². The molecule has 0 saturated carbocycles. The molecule has 4 aliphatic heterocycles. The Labute approximate surface area is 208 Å². The number of hydrogen-bond donors (Lipinski definition) is 0. The van der Waals surface area contributed by atoms with Gasteiger partial charge in [-0.3, -0.25) is 0 Å². The predicted octanol–water partition coefficient (Wildman–Crippen LogP) is 8.58. The van der Waals surface area contributed by atoms with E-state index in [1.807, 2.05) is 12.3 Å². The molecule has 0 aliphatic carbocycles. The Morgan fingerprint density at radius 2 is 1.03 bits per heavy atom. The summed E-state index contributed by atoms with van der Waals surface area (Å²) in [4.78, 5) is 0. The van der Waals surface area contributed by atoms with Crippen LogP contribution in [0.15, 0.2) is 23.9 Å². The van der Waals surface area contributed by atoms with Gasteiger partial charge in [-0.2, -0.15) is 6.20 Å². The third-order valence-corrected chi connectivity index (χ3v) is 5.64. The second kappa shape index (κ2) is 23.5. The molecule has 4 aliphatic rings. The quantitative estimate of drug-likeness (QED) is 0.266. The van der Waals surface area contributed by atoms with Crippen molar-refractivity contribution >= 4 is 19.4 Å². The van der Waals surface area contributed by atoms with Crippen LogP contribution in [0.2, 0.25) is 0 Å². The summed E-state index contributed by atoms with van der Waals surface area (Å²) in [7, 11) is 9.67. The van der Waals surface area contributed by atoms with Gasteiger partial charge in [-0.05, 0) is 24.7 Å². The molecule has 0 amide bonds. The average molecular weight is 562 g/mol. The summed E-state index contributed by atoms with van der Waals surface area (Å²) in [6.45, 7) is 16.5. The summed E-state index contributed by atoms with van der Waals surface area (Å²) in [6.07, 6.45) is 13.9. The van der Waals surface area contributed by atoms with Crippen molar-refractivity contribution in [3.8, 4) is 0 Å². The topological polar surface area (TPSA) is 56.4 Å². The molecule has 0 radical (unpaired) electrons. The predicted molar refractivity (Wildman–Crippen MR) is 137 cm³/mol. The van der Waals surface area contributed by atoms with Crippen molar-refractivity contribution in [3.63, 3.8) is 0 Å². The van der Waals surface area contributed by atoms with Gasteiger partial charge in [0.25, 0.3) is 0 Å². The maximum atomic E-state index is 4.83. The van der Waals surface area contributed by atoms with Crippen LogP contribution in [0.3, 0.4) is 0 Å². The molecule has 0 unspecified atom stereocenters. The van der Waals surface area contributed by atoms with Gasteiger partial charge in [-0.25, -0.2) is 0 Å². The van der Waals surface area contributed by atoms with Crippen molar-refractivity contribution in [2.24, 2.45) is 17.8 Å². The van der Waals surface area contributed by atoms with Crippen LogP contribution in [0.1, 0.15) is 66.2 Å². The molecule has 4 heterocycles. The Hall–Kier alpha value is 0.363. The van der Waals surface area contributed by atoms with Crippen molar-refractivity contribution in [1.29, 1.82) is 0 Å². The van der Waals surface area contributed by atoms with Crippen molar-refractivity contribution in [3.05, 3.63) is 45.2 Å². The Balaban J connectivity index is 0.000000371. The molecule has 4 rings (SSSR count). The van der Waals surface area contributed by atoms with Gasteiger partial charge in [0, 0.05) is 0 Å². The van der Waals surface area contributed by atoms with E-state index in [1.165, 1.54) is 44.1 Å². The number of halogens is 2. The van der Waals surface area contributed by atoms with Gasteiger partial charge in [-0.15, -0.1) is 45.8 Å². The molecule has 4 nitrogen and oxygen atoms in total. The molecule has 0 aromatic carbocycles. The van der Waals surface area contributed by atoms with E-state index in [1.54, 1.807) is 0 Å². The molecule has 3 fully saturated rings. The number of rotatable bonds is 0. The molecule has 7 heteroatoms. The molecule has 0 atom stereocenters. The molecule has 0 aromatic rings. The van der Waals surface area contributed by atoms with Crippen molar-refractivity contribution in [1.82, 2.24) is 0 Å².